The summed E-state index contributed by atoms with van der Waals surface area (Å²) < 4.78 is 27.2. The smallest absolute Gasteiger partial charge is 0.249 e. The van der Waals surface area contributed by atoms with Crippen molar-refractivity contribution in [2.45, 2.75) is 69.4 Å². The normalized spacial score (nSPS) is 16.8. The Bertz CT molecular complexity index is 810. The van der Waals surface area contributed by atoms with Gasteiger partial charge in [0.25, 0.3) is 0 Å². The Morgan fingerprint density at radius 2 is 1.69 bits per heavy atom. The average molecular weight is 426 g/mol. The third kappa shape index (κ3) is 7.09. The van der Waals surface area contributed by atoms with Crippen LogP contribution in [0.2, 0.25) is 0 Å². The van der Waals surface area contributed by atoms with Crippen molar-refractivity contribution in [2.75, 3.05) is 11.9 Å². The summed E-state index contributed by atoms with van der Waals surface area (Å²) in [5, 5.41) is 14.7. The Kier molecular flexibility index (Phi) is 7.79. The highest BCUT2D eigenvalue weighted by atomic mass is 32.2. The molecule has 2 rings (SSSR count). The first kappa shape index (κ1) is 23.3. The standard InChI is InChI=1S/C20H31N3O5S/c1-20(2,3)23-29(27,28)16-11-9-15(10-12-16)21-19(26)17(13-24)22-18(25)14-7-5-4-6-8-14/h9-12,14,17,23-24H,4-8,13H2,1-3H3,(H,21,26)(H,22,25)/t17-/m0/s1. The van der Waals surface area contributed by atoms with E-state index in [0.717, 1.165) is 32.1 Å². The predicted molar refractivity (Wildman–Crippen MR) is 111 cm³/mol. The minimum Gasteiger partial charge on any atom is -0.394 e. The lowest BCUT2D eigenvalue weighted by Crippen LogP contribution is -2.48. The Morgan fingerprint density at radius 1 is 1.10 bits per heavy atom. The molecule has 0 bridgehead atoms. The third-order valence-electron chi connectivity index (χ3n) is 4.66. The van der Waals surface area contributed by atoms with E-state index in [9.17, 15) is 23.1 Å². The molecule has 1 aromatic rings. The number of benzene rings is 1. The van der Waals surface area contributed by atoms with Gasteiger partial charge in [-0.25, -0.2) is 13.1 Å². The number of aliphatic hydroxyl groups is 1. The van der Waals surface area contributed by atoms with Crippen LogP contribution in [0.25, 0.3) is 0 Å². The first-order valence-corrected chi connectivity index (χ1v) is 11.4. The molecule has 0 heterocycles. The maximum atomic E-state index is 12.4. The van der Waals surface area contributed by atoms with Gasteiger partial charge in [0, 0.05) is 17.1 Å². The fourth-order valence-corrected chi connectivity index (χ4v) is 4.68. The highest BCUT2D eigenvalue weighted by Crippen LogP contribution is 2.23. The van der Waals surface area contributed by atoms with E-state index in [-0.39, 0.29) is 16.7 Å². The molecule has 2 amide bonds. The molecule has 8 nitrogen and oxygen atoms in total. The third-order valence-corrected chi connectivity index (χ3v) is 6.44. The molecule has 1 aliphatic carbocycles. The van der Waals surface area contributed by atoms with Gasteiger partial charge in [-0.2, -0.15) is 0 Å². The van der Waals surface area contributed by atoms with Crippen LogP contribution < -0.4 is 15.4 Å². The molecule has 0 unspecified atom stereocenters. The first-order valence-electron chi connectivity index (χ1n) is 9.88. The van der Waals surface area contributed by atoms with Crippen LogP contribution >= 0.6 is 0 Å². The molecule has 0 saturated heterocycles. The fourth-order valence-electron chi connectivity index (χ4n) is 3.26. The number of aliphatic hydroxyl groups excluding tert-OH is 1. The van der Waals surface area contributed by atoms with Gasteiger partial charge in [0.15, 0.2) is 0 Å². The largest absolute Gasteiger partial charge is 0.394 e. The lowest BCUT2D eigenvalue weighted by atomic mass is 9.88. The monoisotopic (exact) mass is 425 g/mol. The minimum absolute atomic E-state index is 0.0785. The molecule has 0 aliphatic heterocycles. The first-order chi connectivity index (χ1) is 13.5. The number of rotatable bonds is 7. The summed E-state index contributed by atoms with van der Waals surface area (Å²) in [5.74, 6) is -0.890. The average Bonchev–Trinajstić information content (AvgIpc) is 2.65. The molecule has 162 valence electrons. The number of carbonyl (C=O) groups excluding carboxylic acids is 2. The van der Waals surface area contributed by atoms with Gasteiger partial charge in [0.05, 0.1) is 11.5 Å². The van der Waals surface area contributed by atoms with Crippen molar-refractivity contribution in [3.05, 3.63) is 24.3 Å². The van der Waals surface area contributed by atoms with Crippen molar-refractivity contribution in [1.29, 1.82) is 0 Å². The molecule has 1 aliphatic rings. The van der Waals surface area contributed by atoms with Crippen LogP contribution in [-0.2, 0) is 19.6 Å². The topological polar surface area (TPSA) is 125 Å². The number of amides is 2. The zero-order valence-corrected chi connectivity index (χ0v) is 18.0. The Hall–Kier alpha value is -1.97. The van der Waals surface area contributed by atoms with E-state index in [4.69, 9.17) is 0 Å². The summed E-state index contributed by atoms with van der Waals surface area (Å²) in [5.41, 5.74) is -0.244. The second-order valence-corrected chi connectivity index (χ2v) is 10.1. The van der Waals surface area contributed by atoms with Gasteiger partial charge in [0.2, 0.25) is 21.8 Å². The number of hydrogen-bond acceptors (Lipinski definition) is 5. The van der Waals surface area contributed by atoms with Crippen LogP contribution in [-0.4, -0.2) is 43.5 Å². The summed E-state index contributed by atoms with van der Waals surface area (Å²) in [6, 6.07) is 4.64. The Morgan fingerprint density at radius 3 is 2.21 bits per heavy atom. The summed E-state index contributed by atoms with van der Waals surface area (Å²) >= 11 is 0. The molecule has 29 heavy (non-hydrogen) atoms. The lowest BCUT2D eigenvalue weighted by molar-refractivity contribution is -0.130. The van der Waals surface area contributed by atoms with E-state index in [2.05, 4.69) is 15.4 Å². The Balaban J connectivity index is 1.98. The maximum absolute atomic E-state index is 12.4. The van der Waals surface area contributed by atoms with Crippen LogP contribution in [0.3, 0.4) is 0 Å². The lowest BCUT2D eigenvalue weighted by Gasteiger charge is -2.23. The highest BCUT2D eigenvalue weighted by molar-refractivity contribution is 7.89. The molecular formula is C20H31N3O5S. The van der Waals surface area contributed by atoms with E-state index in [0.29, 0.717) is 5.69 Å². The van der Waals surface area contributed by atoms with Gasteiger partial charge in [0.1, 0.15) is 6.04 Å². The molecule has 0 radical (unpaired) electrons. The van der Waals surface area contributed by atoms with Crippen molar-refractivity contribution in [1.82, 2.24) is 10.0 Å². The van der Waals surface area contributed by atoms with Gasteiger partial charge in [-0.15, -0.1) is 0 Å². The molecule has 0 spiro atoms. The van der Waals surface area contributed by atoms with E-state index in [1.165, 1.54) is 24.3 Å². The zero-order valence-electron chi connectivity index (χ0n) is 17.2. The molecule has 0 aromatic heterocycles. The molecule has 1 aromatic carbocycles. The number of sulfonamides is 1. The SMILES string of the molecule is CC(C)(C)NS(=O)(=O)c1ccc(NC(=O)[C@H](CO)NC(=O)C2CCCCC2)cc1. The second kappa shape index (κ2) is 9.69. The summed E-state index contributed by atoms with van der Waals surface area (Å²) in [6.45, 7) is 4.72. The molecule has 1 fully saturated rings. The van der Waals surface area contributed by atoms with Crippen molar-refractivity contribution in [3.63, 3.8) is 0 Å². The number of nitrogens with one attached hydrogen (secondary N) is 3. The molecule has 1 atom stereocenters. The van der Waals surface area contributed by atoms with E-state index in [1.807, 2.05) is 0 Å². The minimum atomic E-state index is -3.67. The van der Waals surface area contributed by atoms with Crippen LogP contribution in [0.5, 0.6) is 0 Å². The second-order valence-electron chi connectivity index (χ2n) is 8.45. The van der Waals surface area contributed by atoms with E-state index >= 15 is 0 Å². The summed E-state index contributed by atoms with van der Waals surface area (Å²) in [4.78, 5) is 24.8. The van der Waals surface area contributed by atoms with Crippen molar-refractivity contribution >= 4 is 27.5 Å². The maximum Gasteiger partial charge on any atom is 0.249 e. The molecule has 4 N–H and O–H groups in total. The van der Waals surface area contributed by atoms with Gasteiger partial charge in [-0.1, -0.05) is 19.3 Å². The van der Waals surface area contributed by atoms with Crippen molar-refractivity contribution in [3.8, 4) is 0 Å². The molecular weight excluding hydrogens is 394 g/mol. The van der Waals surface area contributed by atoms with Crippen LogP contribution in [0, 0.1) is 5.92 Å². The quantitative estimate of drug-likeness (QED) is 0.530. The van der Waals surface area contributed by atoms with Gasteiger partial charge in [-0.3, -0.25) is 9.59 Å². The summed E-state index contributed by atoms with van der Waals surface area (Å²) in [6.07, 6.45) is 4.69. The number of hydrogen-bond donors (Lipinski definition) is 4. The van der Waals surface area contributed by atoms with Crippen molar-refractivity contribution in [2.24, 2.45) is 5.92 Å². The van der Waals surface area contributed by atoms with Gasteiger partial charge >= 0.3 is 0 Å². The predicted octanol–water partition coefficient (Wildman–Crippen LogP) is 1.76. The van der Waals surface area contributed by atoms with Crippen molar-refractivity contribution < 1.29 is 23.1 Å². The number of anilines is 1. The van der Waals surface area contributed by atoms with E-state index in [1.54, 1.807) is 20.8 Å². The number of carbonyl (C=O) groups is 2. The molecule has 9 heteroatoms. The molecule has 1 saturated carbocycles. The van der Waals surface area contributed by atoms with Crippen LogP contribution in [0.1, 0.15) is 52.9 Å². The van der Waals surface area contributed by atoms with Gasteiger partial charge < -0.3 is 15.7 Å². The van der Waals surface area contributed by atoms with Gasteiger partial charge in [-0.05, 0) is 57.9 Å². The zero-order chi connectivity index (χ0) is 21.7. The van der Waals surface area contributed by atoms with Crippen LogP contribution in [0.4, 0.5) is 5.69 Å². The fraction of sp³-hybridized carbons (Fsp3) is 0.600. The summed E-state index contributed by atoms with van der Waals surface area (Å²) in [7, 11) is -3.67. The van der Waals surface area contributed by atoms with Crippen LogP contribution in [0.15, 0.2) is 29.2 Å². The van der Waals surface area contributed by atoms with E-state index < -0.39 is 34.1 Å². The highest BCUT2D eigenvalue weighted by Gasteiger charge is 2.26. The Labute approximate surface area is 172 Å².